The highest BCUT2D eigenvalue weighted by molar-refractivity contribution is 6.04. The van der Waals surface area contributed by atoms with Gasteiger partial charge in [0.25, 0.3) is 11.6 Å². The fraction of sp³-hybridized carbons (Fsp3) is 0.111. The van der Waals surface area contributed by atoms with Crippen molar-refractivity contribution in [3.63, 3.8) is 0 Å². The number of benzene rings is 1. The zero-order valence-corrected chi connectivity index (χ0v) is 15.0. The van der Waals surface area contributed by atoms with Crippen LogP contribution in [-0.4, -0.2) is 35.2 Å². The predicted octanol–water partition coefficient (Wildman–Crippen LogP) is 2.60. The molecular formula is C18H15N7O3. The first-order valence-electron chi connectivity index (χ1n) is 8.34. The van der Waals surface area contributed by atoms with Gasteiger partial charge in [-0.3, -0.25) is 19.6 Å². The molecule has 0 saturated heterocycles. The van der Waals surface area contributed by atoms with Gasteiger partial charge in [0.2, 0.25) is 0 Å². The Kier molecular flexibility index (Phi) is 4.07. The van der Waals surface area contributed by atoms with Crippen LogP contribution in [-0.2, 0) is 7.05 Å². The van der Waals surface area contributed by atoms with Gasteiger partial charge in [-0.15, -0.1) is 0 Å². The second-order valence-electron chi connectivity index (χ2n) is 6.13. The first kappa shape index (κ1) is 17.3. The van der Waals surface area contributed by atoms with Crippen LogP contribution in [0.15, 0.2) is 48.8 Å². The quantitative estimate of drug-likeness (QED) is 0.431. The van der Waals surface area contributed by atoms with Gasteiger partial charge in [-0.2, -0.15) is 10.2 Å². The van der Waals surface area contributed by atoms with E-state index in [0.29, 0.717) is 5.65 Å². The van der Waals surface area contributed by atoms with E-state index in [1.807, 2.05) is 14.0 Å². The Balaban J connectivity index is 1.73. The molecule has 1 amide bonds. The predicted molar refractivity (Wildman–Crippen MR) is 101 cm³/mol. The summed E-state index contributed by atoms with van der Waals surface area (Å²) in [6.45, 7) is 1.93. The topological polar surface area (TPSA) is 120 Å². The molecule has 0 aliphatic rings. The van der Waals surface area contributed by atoms with Crippen molar-refractivity contribution in [2.24, 2.45) is 7.05 Å². The second-order valence-corrected chi connectivity index (χ2v) is 6.13. The number of hydrogen-bond acceptors (Lipinski definition) is 6. The van der Waals surface area contributed by atoms with E-state index in [0.717, 1.165) is 17.0 Å². The summed E-state index contributed by atoms with van der Waals surface area (Å²) in [7, 11) is 1.84. The molecule has 3 heterocycles. The number of rotatable bonds is 4. The molecule has 28 heavy (non-hydrogen) atoms. The molecule has 0 bridgehead atoms. The number of aryl methyl sites for hydroxylation is 1. The third-order valence-electron chi connectivity index (χ3n) is 4.45. The van der Waals surface area contributed by atoms with Crippen LogP contribution in [0.25, 0.3) is 16.9 Å². The summed E-state index contributed by atoms with van der Waals surface area (Å²) in [6, 6.07) is 9.24. The van der Waals surface area contributed by atoms with Crippen molar-refractivity contribution in [3.8, 4) is 11.3 Å². The van der Waals surface area contributed by atoms with Gasteiger partial charge in [0.1, 0.15) is 5.69 Å². The number of nitrogens with one attached hydrogen (secondary N) is 1. The highest BCUT2D eigenvalue weighted by Crippen LogP contribution is 2.25. The van der Waals surface area contributed by atoms with Crippen molar-refractivity contribution in [1.82, 2.24) is 24.4 Å². The summed E-state index contributed by atoms with van der Waals surface area (Å²) in [6.07, 6.45) is 3.35. The summed E-state index contributed by atoms with van der Waals surface area (Å²) >= 11 is 0. The highest BCUT2D eigenvalue weighted by Gasteiger charge is 2.19. The van der Waals surface area contributed by atoms with Crippen LogP contribution in [0, 0.1) is 17.0 Å². The average Bonchev–Trinajstić information content (AvgIpc) is 3.26. The van der Waals surface area contributed by atoms with Crippen molar-refractivity contribution in [2.75, 3.05) is 5.32 Å². The molecule has 0 unspecified atom stereocenters. The SMILES string of the molecule is Cc1c(-c2ccnc3cc(C(=O)Nc4ccccc4[N+](=O)[O-])nn23)cnn1C. The Morgan fingerprint density at radius 2 is 2.04 bits per heavy atom. The van der Waals surface area contributed by atoms with Crippen molar-refractivity contribution in [2.45, 2.75) is 6.92 Å². The Morgan fingerprint density at radius 3 is 2.75 bits per heavy atom. The number of carbonyl (C=O) groups is 1. The van der Waals surface area contributed by atoms with Crippen LogP contribution >= 0.6 is 0 Å². The van der Waals surface area contributed by atoms with Gasteiger partial charge in [-0.25, -0.2) is 9.50 Å². The number of nitro benzene ring substituents is 1. The van der Waals surface area contributed by atoms with Crippen molar-refractivity contribution >= 4 is 22.9 Å². The number of hydrogen-bond donors (Lipinski definition) is 1. The van der Waals surface area contributed by atoms with Crippen molar-refractivity contribution in [3.05, 3.63) is 70.3 Å². The summed E-state index contributed by atoms with van der Waals surface area (Å²) in [4.78, 5) is 27.4. The van der Waals surface area contributed by atoms with Gasteiger partial charge >= 0.3 is 0 Å². The molecule has 0 aliphatic heterocycles. The van der Waals surface area contributed by atoms with Crippen molar-refractivity contribution < 1.29 is 9.72 Å². The minimum atomic E-state index is -0.561. The first-order valence-corrected chi connectivity index (χ1v) is 8.34. The van der Waals surface area contributed by atoms with E-state index in [9.17, 15) is 14.9 Å². The van der Waals surface area contributed by atoms with Gasteiger partial charge in [0.15, 0.2) is 11.3 Å². The molecule has 4 aromatic rings. The average molecular weight is 377 g/mol. The minimum Gasteiger partial charge on any atom is -0.315 e. The smallest absolute Gasteiger partial charge is 0.292 e. The third-order valence-corrected chi connectivity index (χ3v) is 4.45. The molecule has 1 aromatic carbocycles. The monoisotopic (exact) mass is 377 g/mol. The Labute approximate surface area is 158 Å². The lowest BCUT2D eigenvalue weighted by Crippen LogP contribution is -2.14. The van der Waals surface area contributed by atoms with E-state index in [1.54, 1.807) is 33.7 Å². The van der Waals surface area contributed by atoms with E-state index in [4.69, 9.17) is 0 Å². The third kappa shape index (κ3) is 2.86. The molecule has 4 rings (SSSR count). The van der Waals surface area contributed by atoms with Crippen LogP contribution in [0.3, 0.4) is 0 Å². The summed E-state index contributed by atoms with van der Waals surface area (Å²) in [5, 5.41) is 22.3. The molecule has 0 radical (unpaired) electrons. The van der Waals surface area contributed by atoms with E-state index in [-0.39, 0.29) is 17.1 Å². The maximum Gasteiger partial charge on any atom is 0.292 e. The number of nitro groups is 1. The molecule has 1 N–H and O–H groups in total. The van der Waals surface area contributed by atoms with Gasteiger partial charge in [-0.1, -0.05) is 12.1 Å². The number of nitrogens with zero attached hydrogens (tertiary/aromatic N) is 6. The molecule has 0 aliphatic carbocycles. The van der Waals surface area contributed by atoms with Gasteiger partial charge < -0.3 is 5.32 Å². The Hall–Kier alpha value is -4.08. The maximum absolute atomic E-state index is 12.6. The fourth-order valence-corrected chi connectivity index (χ4v) is 2.89. The minimum absolute atomic E-state index is 0.0969. The summed E-state index contributed by atoms with van der Waals surface area (Å²) in [5.41, 5.74) is 3.03. The zero-order chi connectivity index (χ0) is 19.8. The first-order chi connectivity index (χ1) is 13.5. The lowest BCUT2D eigenvalue weighted by atomic mass is 10.2. The van der Waals surface area contributed by atoms with Crippen LogP contribution in [0.2, 0.25) is 0 Å². The van der Waals surface area contributed by atoms with Crippen molar-refractivity contribution in [1.29, 1.82) is 0 Å². The zero-order valence-electron chi connectivity index (χ0n) is 15.0. The fourth-order valence-electron chi connectivity index (χ4n) is 2.89. The Morgan fingerprint density at radius 1 is 1.25 bits per heavy atom. The van der Waals surface area contributed by atoms with Crippen LogP contribution in [0.5, 0.6) is 0 Å². The van der Waals surface area contributed by atoms with Crippen LogP contribution in [0.4, 0.5) is 11.4 Å². The Bertz CT molecular complexity index is 1230. The van der Waals surface area contributed by atoms with Crippen LogP contribution < -0.4 is 5.32 Å². The van der Waals surface area contributed by atoms with Crippen LogP contribution in [0.1, 0.15) is 16.2 Å². The molecule has 0 atom stereocenters. The number of amides is 1. The largest absolute Gasteiger partial charge is 0.315 e. The molecule has 10 heteroatoms. The summed E-state index contributed by atoms with van der Waals surface area (Å²) in [5.74, 6) is -0.561. The normalized spacial score (nSPS) is 10.9. The highest BCUT2D eigenvalue weighted by atomic mass is 16.6. The standard InChI is InChI=1S/C18H15N7O3/c1-11-12(10-20-23(11)2)15-7-8-19-17-9-14(22-24(15)17)18(26)21-13-5-3-4-6-16(13)25(27)28/h3-10H,1-2H3,(H,21,26). The number of aromatic nitrogens is 5. The molecule has 0 saturated carbocycles. The molecular weight excluding hydrogens is 362 g/mol. The molecule has 140 valence electrons. The van der Waals surface area contributed by atoms with Gasteiger partial charge in [0, 0.05) is 36.6 Å². The lowest BCUT2D eigenvalue weighted by Gasteiger charge is -2.04. The van der Waals surface area contributed by atoms with E-state index in [1.165, 1.54) is 24.3 Å². The number of para-hydroxylation sites is 2. The maximum atomic E-state index is 12.6. The lowest BCUT2D eigenvalue weighted by molar-refractivity contribution is -0.383. The van der Waals surface area contributed by atoms with E-state index in [2.05, 4.69) is 20.5 Å². The number of anilines is 1. The second kappa shape index (κ2) is 6.58. The molecule has 0 fully saturated rings. The van der Waals surface area contributed by atoms with E-state index >= 15 is 0 Å². The van der Waals surface area contributed by atoms with Gasteiger partial charge in [0.05, 0.1) is 16.8 Å². The molecule has 10 nitrogen and oxygen atoms in total. The molecule has 0 spiro atoms. The van der Waals surface area contributed by atoms with Gasteiger partial charge in [-0.05, 0) is 19.1 Å². The number of carbonyl (C=O) groups excluding carboxylic acids is 1. The van der Waals surface area contributed by atoms with E-state index < -0.39 is 10.8 Å². The molecule has 3 aromatic heterocycles. The summed E-state index contributed by atoms with van der Waals surface area (Å²) < 4.78 is 3.30. The number of fused-ring (bicyclic) bond motifs is 1.